The minimum Gasteiger partial charge on any atom is -0.350 e. The zero-order chi connectivity index (χ0) is 15.6. The summed E-state index contributed by atoms with van der Waals surface area (Å²) in [5.41, 5.74) is -0.275. The van der Waals surface area contributed by atoms with E-state index in [9.17, 15) is 17.6 Å². The number of hydrogen-bond acceptors (Lipinski definition) is 4. The summed E-state index contributed by atoms with van der Waals surface area (Å²) < 4.78 is 37.7. The topological polar surface area (TPSA) is 75.3 Å². The fraction of sp³-hybridized carbons (Fsp3) is 0.462. The number of carbonyl (C=O) groups excluding carboxylic acids is 1. The average molecular weight is 416 g/mol. The number of sulfone groups is 1. The van der Waals surface area contributed by atoms with Crippen LogP contribution in [-0.4, -0.2) is 39.7 Å². The van der Waals surface area contributed by atoms with Crippen LogP contribution in [0, 0.1) is 5.82 Å². The van der Waals surface area contributed by atoms with Crippen LogP contribution in [0.1, 0.15) is 23.2 Å². The average Bonchev–Trinajstić information content (AvgIpc) is 2.90. The third-order valence-corrected chi connectivity index (χ3v) is 4.87. The molecule has 5 nitrogen and oxygen atoms in total. The van der Waals surface area contributed by atoms with Crippen LogP contribution in [0.4, 0.5) is 4.39 Å². The molecule has 0 saturated carbocycles. The lowest BCUT2D eigenvalue weighted by Crippen LogP contribution is -2.37. The van der Waals surface area contributed by atoms with Crippen LogP contribution in [0.3, 0.4) is 0 Å². The second-order valence-electron chi connectivity index (χ2n) is 5.04. The molecular formula is C13H17BrClFN2O3S. The Bertz CT molecular complexity index is 663. The Kier molecular flexibility index (Phi) is 6.79. The maximum Gasteiger partial charge on any atom is 0.254 e. The zero-order valence-electron chi connectivity index (χ0n) is 11.9. The first kappa shape index (κ1) is 19.3. The number of halogens is 3. The van der Waals surface area contributed by atoms with Crippen molar-refractivity contribution in [3.05, 3.63) is 28.0 Å². The van der Waals surface area contributed by atoms with Crippen molar-refractivity contribution in [2.24, 2.45) is 0 Å². The van der Waals surface area contributed by atoms with E-state index in [4.69, 9.17) is 0 Å². The van der Waals surface area contributed by atoms with Gasteiger partial charge < -0.3 is 10.6 Å². The van der Waals surface area contributed by atoms with E-state index < -0.39 is 26.5 Å². The highest BCUT2D eigenvalue weighted by Gasteiger charge is 2.23. The molecule has 1 amide bonds. The highest BCUT2D eigenvalue weighted by molar-refractivity contribution is 9.10. The number of hydrogen-bond donors (Lipinski definition) is 2. The van der Waals surface area contributed by atoms with Gasteiger partial charge in [-0.25, -0.2) is 12.8 Å². The third kappa shape index (κ3) is 4.65. The summed E-state index contributed by atoms with van der Waals surface area (Å²) in [4.78, 5) is 11.6. The van der Waals surface area contributed by atoms with Gasteiger partial charge in [-0.05, 0) is 31.5 Å². The predicted octanol–water partition coefficient (Wildman–Crippen LogP) is 1.90. The molecule has 1 aromatic carbocycles. The first-order valence-corrected chi connectivity index (χ1v) is 9.18. The molecule has 1 aromatic rings. The van der Waals surface area contributed by atoms with Gasteiger partial charge in [0.25, 0.3) is 5.91 Å². The first-order chi connectivity index (χ1) is 9.79. The summed E-state index contributed by atoms with van der Waals surface area (Å²) in [5.74, 6) is -1.63. The van der Waals surface area contributed by atoms with E-state index in [1.807, 2.05) is 0 Å². The van der Waals surface area contributed by atoms with E-state index in [0.717, 1.165) is 31.7 Å². The summed E-state index contributed by atoms with van der Waals surface area (Å²) in [7, 11) is -3.74. The summed E-state index contributed by atoms with van der Waals surface area (Å²) in [6.45, 7) is 1.29. The van der Waals surface area contributed by atoms with Gasteiger partial charge in [-0.3, -0.25) is 4.79 Å². The fourth-order valence-electron chi connectivity index (χ4n) is 2.24. The van der Waals surface area contributed by atoms with E-state index in [-0.39, 0.29) is 24.0 Å². The summed E-state index contributed by atoms with van der Waals surface area (Å²) in [6.07, 6.45) is 2.90. The molecule has 1 unspecified atom stereocenters. The standard InChI is InChI=1S/C13H16BrFN2O3S.ClH/c1-21(19,20)11-6-8(14)5-10(12(11)15)13(18)17-7-9-3-2-4-16-9;/h5-6,9,16H,2-4,7H2,1H3,(H,17,18);1H. The number of carbonyl (C=O) groups is 1. The molecule has 0 aliphatic carbocycles. The van der Waals surface area contributed by atoms with Crippen molar-refractivity contribution >= 4 is 44.1 Å². The van der Waals surface area contributed by atoms with Crippen molar-refractivity contribution in [3.63, 3.8) is 0 Å². The van der Waals surface area contributed by atoms with Gasteiger partial charge in [0.2, 0.25) is 0 Å². The van der Waals surface area contributed by atoms with Gasteiger partial charge in [0.1, 0.15) is 4.90 Å². The lowest BCUT2D eigenvalue weighted by atomic mass is 10.2. The highest BCUT2D eigenvalue weighted by Crippen LogP contribution is 2.24. The van der Waals surface area contributed by atoms with Gasteiger partial charge in [-0.1, -0.05) is 15.9 Å². The molecule has 1 aliphatic heterocycles. The quantitative estimate of drug-likeness (QED) is 0.787. The van der Waals surface area contributed by atoms with Crippen molar-refractivity contribution in [1.29, 1.82) is 0 Å². The minimum atomic E-state index is -3.74. The molecule has 0 spiro atoms. The number of amides is 1. The van der Waals surface area contributed by atoms with Crippen molar-refractivity contribution in [2.75, 3.05) is 19.3 Å². The largest absolute Gasteiger partial charge is 0.350 e. The van der Waals surface area contributed by atoms with Gasteiger partial charge in [0, 0.05) is 23.3 Å². The fourth-order valence-corrected chi connectivity index (χ4v) is 3.63. The van der Waals surface area contributed by atoms with Crippen molar-refractivity contribution in [3.8, 4) is 0 Å². The maximum atomic E-state index is 14.2. The number of benzene rings is 1. The Morgan fingerprint density at radius 1 is 1.50 bits per heavy atom. The van der Waals surface area contributed by atoms with Crippen LogP contribution < -0.4 is 10.6 Å². The normalized spacial score (nSPS) is 17.9. The maximum absolute atomic E-state index is 14.2. The summed E-state index contributed by atoms with van der Waals surface area (Å²) >= 11 is 3.10. The molecule has 2 rings (SSSR count). The van der Waals surface area contributed by atoms with Crippen molar-refractivity contribution in [2.45, 2.75) is 23.8 Å². The van der Waals surface area contributed by atoms with Gasteiger partial charge in [0.15, 0.2) is 15.7 Å². The smallest absolute Gasteiger partial charge is 0.254 e. The Balaban J connectivity index is 0.00000242. The minimum absolute atomic E-state index is 0. The lowest BCUT2D eigenvalue weighted by molar-refractivity contribution is 0.0945. The SMILES string of the molecule is CS(=O)(=O)c1cc(Br)cc(C(=O)NCC2CCCN2)c1F.Cl. The second-order valence-corrected chi connectivity index (χ2v) is 7.94. The first-order valence-electron chi connectivity index (χ1n) is 6.49. The number of rotatable bonds is 4. The molecule has 1 atom stereocenters. The molecule has 0 aromatic heterocycles. The monoisotopic (exact) mass is 414 g/mol. The predicted molar refractivity (Wildman–Crippen MR) is 87.8 cm³/mol. The van der Waals surface area contributed by atoms with Crippen LogP contribution in [0.25, 0.3) is 0 Å². The van der Waals surface area contributed by atoms with Gasteiger partial charge >= 0.3 is 0 Å². The van der Waals surface area contributed by atoms with Crippen LogP contribution in [0.15, 0.2) is 21.5 Å². The molecule has 1 fully saturated rings. The molecule has 0 bridgehead atoms. The van der Waals surface area contributed by atoms with Gasteiger partial charge in [-0.15, -0.1) is 12.4 Å². The van der Waals surface area contributed by atoms with Crippen molar-refractivity contribution < 1.29 is 17.6 Å². The van der Waals surface area contributed by atoms with Crippen LogP contribution in [0.2, 0.25) is 0 Å². The molecule has 2 N–H and O–H groups in total. The Morgan fingerprint density at radius 2 is 2.18 bits per heavy atom. The highest BCUT2D eigenvalue weighted by atomic mass is 79.9. The van der Waals surface area contributed by atoms with E-state index in [1.54, 1.807) is 0 Å². The van der Waals surface area contributed by atoms with Crippen molar-refractivity contribution in [1.82, 2.24) is 10.6 Å². The van der Waals surface area contributed by atoms with E-state index in [0.29, 0.717) is 11.0 Å². The Labute approximate surface area is 143 Å². The lowest BCUT2D eigenvalue weighted by Gasteiger charge is -2.13. The molecule has 1 aliphatic rings. The van der Waals surface area contributed by atoms with Gasteiger partial charge in [-0.2, -0.15) is 0 Å². The molecule has 1 saturated heterocycles. The molecular weight excluding hydrogens is 399 g/mol. The molecule has 1 heterocycles. The van der Waals surface area contributed by atoms with Crippen LogP contribution >= 0.6 is 28.3 Å². The van der Waals surface area contributed by atoms with Crippen LogP contribution in [-0.2, 0) is 9.84 Å². The third-order valence-electron chi connectivity index (χ3n) is 3.32. The molecule has 9 heteroatoms. The zero-order valence-corrected chi connectivity index (χ0v) is 15.1. The summed E-state index contributed by atoms with van der Waals surface area (Å²) in [5, 5.41) is 5.84. The van der Waals surface area contributed by atoms with E-state index in [2.05, 4.69) is 26.6 Å². The van der Waals surface area contributed by atoms with E-state index in [1.165, 1.54) is 6.07 Å². The van der Waals surface area contributed by atoms with Gasteiger partial charge in [0.05, 0.1) is 5.56 Å². The Hall–Kier alpha value is -0.700. The molecule has 22 heavy (non-hydrogen) atoms. The molecule has 0 radical (unpaired) electrons. The molecule has 124 valence electrons. The summed E-state index contributed by atoms with van der Waals surface area (Å²) in [6, 6.07) is 2.61. The van der Waals surface area contributed by atoms with Crippen LogP contribution in [0.5, 0.6) is 0 Å². The number of nitrogens with one attached hydrogen (secondary N) is 2. The second kappa shape index (κ2) is 7.72. The van der Waals surface area contributed by atoms with E-state index >= 15 is 0 Å². The Morgan fingerprint density at radius 3 is 2.73 bits per heavy atom.